The minimum atomic E-state index is -0.611. The number of hydrogen-bond donors (Lipinski definition) is 1. The normalized spacial score (nSPS) is 12.3. The Kier molecular flexibility index (Phi) is 5.67. The predicted octanol–water partition coefficient (Wildman–Crippen LogP) is 4.04. The van der Waals surface area contributed by atoms with E-state index >= 15 is 0 Å². The fourth-order valence-electron chi connectivity index (χ4n) is 2.36. The number of benzene rings is 2. The van der Waals surface area contributed by atoms with Crippen LogP contribution in [0.15, 0.2) is 36.4 Å². The van der Waals surface area contributed by atoms with E-state index in [1.54, 1.807) is 18.9 Å². The van der Waals surface area contributed by atoms with E-state index in [1.807, 2.05) is 32.0 Å². The van der Waals surface area contributed by atoms with Crippen LogP contribution in [0.1, 0.15) is 23.6 Å². The zero-order chi connectivity index (χ0) is 17.9. The summed E-state index contributed by atoms with van der Waals surface area (Å²) in [5, 5.41) is 2.91. The van der Waals surface area contributed by atoms with Crippen LogP contribution in [0.25, 0.3) is 0 Å². The zero-order valence-electron chi connectivity index (χ0n) is 14.4. The summed E-state index contributed by atoms with van der Waals surface area (Å²) in [6.07, 6.45) is 0. The van der Waals surface area contributed by atoms with E-state index < -0.39 is 17.7 Å². The molecule has 2 rings (SSSR count). The monoisotopic (exact) mass is 332 g/mol. The Bertz CT molecular complexity index is 746. The maximum Gasteiger partial charge on any atom is 0.241 e. The van der Waals surface area contributed by atoms with Crippen molar-refractivity contribution in [2.75, 3.05) is 12.4 Å². The molecule has 0 saturated heterocycles. The fourth-order valence-corrected chi connectivity index (χ4v) is 2.36. The largest absolute Gasteiger partial charge is 0.324 e. The molecule has 2 aromatic rings. The number of rotatable bonds is 5. The van der Waals surface area contributed by atoms with Gasteiger partial charge in [-0.3, -0.25) is 9.69 Å². The molecule has 0 radical (unpaired) electrons. The minimum Gasteiger partial charge on any atom is -0.324 e. The highest BCUT2D eigenvalue weighted by Gasteiger charge is 2.20. The number of anilines is 1. The van der Waals surface area contributed by atoms with E-state index in [4.69, 9.17) is 0 Å². The van der Waals surface area contributed by atoms with Gasteiger partial charge < -0.3 is 5.32 Å². The van der Waals surface area contributed by atoms with E-state index in [0.717, 1.165) is 22.9 Å². The number of amides is 1. The second-order valence-electron chi connectivity index (χ2n) is 6.13. The molecule has 1 amide bonds. The summed E-state index contributed by atoms with van der Waals surface area (Å²) in [6.45, 7) is 5.86. The molecule has 3 nitrogen and oxygen atoms in total. The van der Waals surface area contributed by atoms with E-state index in [0.29, 0.717) is 5.56 Å². The fraction of sp³-hybridized carbons (Fsp3) is 0.316. The lowest BCUT2D eigenvalue weighted by atomic mass is 10.1. The number of aryl methyl sites for hydroxylation is 2. The molecule has 0 bridgehead atoms. The maximum atomic E-state index is 13.8. The molecular weight excluding hydrogens is 310 g/mol. The van der Waals surface area contributed by atoms with Gasteiger partial charge >= 0.3 is 0 Å². The third kappa shape index (κ3) is 4.38. The first kappa shape index (κ1) is 18.1. The van der Waals surface area contributed by atoms with Crippen LogP contribution in [0.2, 0.25) is 0 Å². The second kappa shape index (κ2) is 7.53. The average molecular weight is 332 g/mol. The molecule has 1 unspecified atom stereocenters. The molecule has 0 saturated carbocycles. The van der Waals surface area contributed by atoms with Gasteiger partial charge in [-0.1, -0.05) is 18.2 Å². The Morgan fingerprint density at radius 1 is 1.17 bits per heavy atom. The van der Waals surface area contributed by atoms with Crippen molar-refractivity contribution < 1.29 is 13.6 Å². The van der Waals surface area contributed by atoms with Crippen LogP contribution in [0.4, 0.5) is 14.5 Å². The van der Waals surface area contributed by atoms with Crippen molar-refractivity contribution in [2.45, 2.75) is 33.4 Å². The quantitative estimate of drug-likeness (QED) is 0.896. The third-order valence-electron chi connectivity index (χ3n) is 4.13. The molecule has 1 atom stereocenters. The lowest BCUT2D eigenvalue weighted by Crippen LogP contribution is -2.39. The number of hydrogen-bond acceptors (Lipinski definition) is 2. The molecule has 0 fully saturated rings. The molecule has 24 heavy (non-hydrogen) atoms. The molecule has 0 spiro atoms. The summed E-state index contributed by atoms with van der Waals surface area (Å²) in [6, 6.07) is 8.85. The zero-order valence-corrected chi connectivity index (χ0v) is 14.4. The Morgan fingerprint density at radius 2 is 1.88 bits per heavy atom. The highest BCUT2D eigenvalue weighted by atomic mass is 19.1. The van der Waals surface area contributed by atoms with Crippen molar-refractivity contribution in [1.29, 1.82) is 0 Å². The van der Waals surface area contributed by atoms with Gasteiger partial charge in [0.2, 0.25) is 5.91 Å². The number of carbonyl (C=O) groups is 1. The van der Waals surface area contributed by atoms with Crippen LogP contribution in [0.3, 0.4) is 0 Å². The smallest absolute Gasteiger partial charge is 0.241 e. The van der Waals surface area contributed by atoms with Crippen LogP contribution < -0.4 is 5.32 Å². The van der Waals surface area contributed by atoms with Gasteiger partial charge in [0.25, 0.3) is 0 Å². The van der Waals surface area contributed by atoms with Crippen molar-refractivity contribution >= 4 is 11.6 Å². The average Bonchev–Trinajstić information content (AvgIpc) is 2.52. The number of nitrogens with zero attached hydrogens (tertiary/aromatic N) is 1. The molecule has 2 aromatic carbocycles. The van der Waals surface area contributed by atoms with Gasteiger partial charge in [0.15, 0.2) is 0 Å². The Balaban J connectivity index is 2.05. The topological polar surface area (TPSA) is 32.3 Å². The molecule has 0 aromatic heterocycles. The maximum absolute atomic E-state index is 13.8. The molecule has 1 N–H and O–H groups in total. The first-order chi connectivity index (χ1) is 11.3. The number of halogens is 2. The van der Waals surface area contributed by atoms with Crippen molar-refractivity contribution in [3.63, 3.8) is 0 Å². The molecule has 0 aliphatic rings. The van der Waals surface area contributed by atoms with Crippen LogP contribution in [0, 0.1) is 25.5 Å². The van der Waals surface area contributed by atoms with Crippen LogP contribution in [-0.2, 0) is 11.3 Å². The summed E-state index contributed by atoms with van der Waals surface area (Å²) < 4.78 is 26.7. The van der Waals surface area contributed by atoms with Crippen LogP contribution >= 0.6 is 0 Å². The lowest BCUT2D eigenvalue weighted by molar-refractivity contribution is -0.120. The van der Waals surface area contributed by atoms with Gasteiger partial charge in [-0.25, -0.2) is 8.78 Å². The van der Waals surface area contributed by atoms with E-state index in [-0.39, 0.29) is 12.5 Å². The number of carbonyl (C=O) groups excluding carboxylic acids is 1. The van der Waals surface area contributed by atoms with Crippen LogP contribution in [-0.4, -0.2) is 23.9 Å². The Labute approximate surface area is 141 Å². The van der Waals surface area contributed by atoms with Gasteiger partial charge in [0.05, 0.1) is 6.04 Å². The van der Waals surface area contributed by atoms with Gasteiger partial charge in [-0.2, -0.15) is 0 Å². The third-order valence-corrected chi connectivity index (χ3v) is 4.13. The standard InChI is InChI=1S/C19H22F2N2O/c1-12-5-6-13(2)18(9-12)22-19(24)14(3)23(4)11-15-7-8-16(20)10-17(15)21/h5-10,14H,11H2,1-4H3,(H,22,24). The Hall–Kier alpha value is -2.27. The predicted molar refractivity (Wildman–Crippen MR) is 91.8 cm³/mol. The molecule has 128 valence electrons. The first-order valence-electron chi connectivity index (χ1n) is 7.80. The van der Waals surface area contributed by atoms with Gasteiger partial charge in [-0.15, -0.1) is 0 Å². The minimum absolute atomic E-state index is 0.172. The van der Waals surface area contributed by atoms with E-state index in [9.17, 15) is 13.6 Å². The van der Waals surface area contributed by atoms with Crippen molar-refractivity contribution in [2.24, 2.45) is 0 Å². The number of likely N-dealkylation sites (N-methyl/N-ethyl adjacent to an activating group) is 1. The molecule has 0 heterocycles. The highest BCUT2D eigenvalue weighted by molar-refractivity contribution is 5.95. The summed E-state index contributed by atoms with van der Waals surface area (Å²) in [4.78, 5) is 14.2. The SMILES string of the molecule is Cc1ccc(C)c(NC(=O)C(C)N(C)Cc2ccc(F)cc2F)c1. The number of nitrogens with one attached hydrogen (secondary N) is 1. The Morgan fingerprint density at radius 3 is 2.54 bits per heavy atom. The molecule has 5 heteroatoms. The molecule has 0 aliphatic heterocycles. The lowest BCUT2D eigenvalue weighted by Gasteiger charge is -2.24. The van der Waals surface area contributed by atoms with Crippen molar-refractivity contribution in [3.05, 3.63) is 64.7 Å². The van der Waals surface area contributed by atoms with Gasteiger partial charge in [0.1, 0.15) is 11.6 Å². The summed E-state index contributed by atoms with van der Waals surface area (Å²) in [5.41, 5.74) is 3.16. The van der Waals surface area contributed by atoms with E-state index in [1.165, 1.54) is 12.1 Å². The van der Waals surface area contributed by atoms with Gasteiger partial charge in [-0.05, 0) is 51.1 Å². The van der Waals surface area contributed by atoms with E-state index in [2.05, 4.69) is 5.32 Å². The van der Waals surface area contributed by atoms with Crippen molar-refractivity contribution in [3.8, 4) is 0 Å². The first-order valence-corrected chi connectivity index (χ1v) is 7.80. The van der Waals surface area contributed by atoms with Crippen LogP contribution in [0.5, 0.6) is 0 Å². The molecule has 0 aliphatic carbocycles. The van der Waals surface area contributed by atoms with Crippen molar-refractivity contribution in [1.82, 2.24) is 4.90 Å². The summed E-state index contributed by atoms with van der Waals surface area (Å²) in [7, 11) is 1.73. The summed E-state index contributed by atoms with van der Waals surface area (Å²) in [5.74, 6) is -1.39. The van der Waals surface area contributed by atoms with Gasteiger partial charge in [0, 0.05) is 23.9 Å². The molecular formula is C19H22F2N2O. The highest BCUT2D eigenvalue weighted by Crippen LogP contribution is 2.18. The summed E-state index contributed by atoms with van der Waals surface area (Å²) >= 11 is 0. The second-order valence-corrected chi connectivity index (χ2v) is 6.13.